The Hall–Kier alpha value is -1.09. The lowest BCUT2D eigenvalue weighted by Gasteiger charge is -2.25. The van der Waals surface area contributed by atoms with Crippen molar-refractivity contribution in [1.29, 1.82) is 0 Å². The molecular weight excluding hydrogens is 264 g/mol. The van der Waals surface area contributed by atoms with Gasteiger partial charge in [0.2, 0.25) is 0 Å². The molecule has 0 spiro atoms. The molecule has 0 aliphatic carbocycles. The van der Waals surface area contributed by atoms with Crippen molar-refractivity contribution in [2.45, 2.75) is 51.6 Å². The predicted octanol–water partition coefficient (Wildman–Crippen LogP) is 4.06. The zero-order chi connectivity index (χ0) is 14.8. The smallest absolute Gasteiger partial charge is 0.309 e. The number of carbonyl (C=O) groups excluding carboxylic acids is 1. The third-order valence-electron chi connectivity index (χ3n) is 4.21. The first-order chi connectivity index (χ1) is 9.37. The lowest BCUT2D eigenvalue weighted by molar-refractivity contribution is -0.144. The molecule has 1 saturated heterocycles. The van der Waals surface area contributed by atoms with E-state index in [1.54, 1.807) is 0 Å². The van der Waals surface area contributed by atoms with Crippen LogP contribution in [0.5, 0.6) is 0 Å². The number of esters is 1. The molecule has 0 amide bonds. The van der Waals surface area contributed by atoms with Gasteiger partial charge in [-0.2, -0.15) is 0 Å². The fraction of sp³-hybridized carbons (Fsp3) is 0.588. The van der Waals surface area contributed by atoms with Gasteiger partial charge in [-0.05, 0) is 24.4 Å². The molecule has 0 aromatic heterocycles. The molecule has 1 aliphatic rings. The third kappa shape index (κ3) is 3.95. The topological polar surface area (TPSA) is 26.3 Å². The van der Waals surface area contributed by atoms with Gasteiger partial charge in [0.05, 0.1) is 14.0 Å². The molecule has 110 valence electrons. The Kier molecular flexibility index (Phi) is 4.69. The van der Waals surface area contributed by atoms with Crippen LogP contribution in [-0.4, -0.2) is 20.1 Å². The van der Waals surface area contributed by atoms with E-state index >= 15 is 0 Å². The van der Waals surface area contributed by atoms with Crippen molar-refractivity contribution in [1.82, 2.24) is 0 Å². The van der Waals surface area contributed by atoms with Crippen LogP contribution >= 0.6 is 0 Å². The highest BCUT2D eigenvalue weighted by atomic mass is 28.3. The average Bonchev–Trinajstić information content (AvgIpc) is 2.70. The van der Waals surface area contributed by atoms with Crippen molar-refractivity contribution in [3.05, 3.63) is 35.9 Å². The molecule has 1 aliphatic heterocycles. The molecule has 0 saturated carbocycles. The van der Waals surface area contributed by atoms with Crippen LogP contribution in [0.3, 0.4) is 0 Å². The Morgan fingerprint density at radius 3 is 2.45 bits per heavy atom. The van der Waals surface area contributed by atoms with E-state index in [4.69, 9.17) is 4.74 Å². The van der Waals surface area contributed by atoms with Crippen molar-refractivity contribution in [2.24, 2.45) is 11.8 Å². The summed E-state index contributed by atoms with van der Waals surface area (Å²) >= 11 is 0. The Morgan fingerprint density at radius 1 is 1.25 bits per heavy atom. The molecule has 1 aromatic rings. The molecule has 0 N–H and O–H groups in total. The van der Waals surface area contributed by atoms with Crippen LogP contribution in [0.25, 0.3) is 0 Å². The summed E-state index contributed by atoms with van der Waals surface area (Å²) in [5.41, 5.74) is 1.41. The third-order valence-corrected chi connectivity index (χ3v) is 7.14. The zero-order valence-corrected chi connectivity index (χ0v) is 14.1. The number of carbonyl (C=O) groups is 1. The fourth-order valence-corrected chi connectivity index (χ4v) is 6.15. The minimum Gasteiger partial charge on any atom is -0.462 e. The molecule has 3 heteroatoms. The normalized spacial score (nSPS) is 23.1. The first-order valence-electron chi connectivity index (χ1n) is 7.62. The Morgan fingerprint density at radius 2 is 1.90 bits per heavy atom. The molecular formula is C17H26O2Si. The highest BCUT2D eigenvalue weighted by molar-refractivity contribution is 6.77. The second-order valence-electron chi connectivity index (χ2n) is 7.18. The van der Waals surface area contributed by atoms with Gasteiger partial charge in [-0.25, -0.2) is 0 Å². The minimum absolute atomic E-state index is 0.0227. The van der Waals surface area contributed by atoms with E-state index in [2.05, 4.69) is 57.3 Å². The first kappa shape index (κ1) is 15.3. The second kappa shape index (κ2) is 6.13. The summed E-state index contributed by atoms with van der Waals surface area (Å²) in [5, 5.41) is 0. The van der Waals surface area contributed by atoms with E-state index < -0.39 is 8.07 Å². The van der Waals surface area contributed by atoms with Crippen LogP contribution < -0.4 is 0 Å². The van der Waals surface area contributed by atoms with Crippen LogP contribution in [0.4, 0.5) is 0 Å². The summed E-state index contributed by atoms with van der Waals surface area (Å²) in [6, 6.07) is 12.9. The molecule has 0 radical (unpaired) electrons. The molecule has 2 nitrogen and oxygen atoms in total. The Bertz CT molecular complexity index is 453. The number of rotatable bonds is 5. The van der Waals surface area contributed by atoms with Gasteiger partial charge < -0.3 is 4.74 Å². The van der Waals surface area contributed by atoms with Crippen LogP contribution in [0.15, 0.2) is 30.3 Å². The standard InChI is InChI=1S/C17H26O2Si/c1-13(2)16-10-15(19-17(16)18)12-20(3,4)11-14-8-6-5-7-9-14/h5-9,13,15-16H,10-12H2,1-4H3/t15-,16-/m0/s1. The van der Waals surface area contributed by atoms with Crippen molar-refractivity contribution < 1.29 is 9.53 Å². The van der Waals surface area contributed by atoms with E-state index in [1.807, 2.05) is 0 Å². The number of benzene rings is 1. The summed E-state index contributed by atoms with van der Waals surface area (Å²) in [7, 11) is -1.38. The van der Waals surface area contributed by atoms with E-state index in [0.717, 1.165) is 18.5 Å². The van der Waals surface area contributed by atoms with E-state index in [1.165, 1.54) is 5.56 Å². The highest BCUT2D eigenvalue weighted by Gasteiger charge is 2.39. The maximum Gasteiger partial charge on any atom is 0.309 e. The number of hydrogen-bond acceptors (Lipinski definition) is 2. The summed E-state index contributed by atoms with van der Waals surface area (Å²) in [5.74, 6) is 0.530. The van der Waals surface area contributed by atoms with E-state index in [9.17, 15) is 4.79 Å². The molecule has 0 unspecified atom stereocenters. The average molecular weight is 290 g/mol. The quantitative estimate of drug-likeness (QED) is 0.604. The fourth-order valence-electron chi connectivity index (χ4n) is 3.19. The Balaban J connectivity index is 1.94. The molecule has 1 heterocycles. The molecule has 2 atom stereocenters. The van der Waals surface area contributed by atoms with Gasteiger partial charge >= 0.3 is 5.97 Å². The van der Waals surface area contributed by atoms with Crippen LogP contribution in [0.1, 0.15) is 25.8 Å². The molecule has 20 heavy (non-hydrogen) atoms. The maximum atomic E-state index is 11.9. The molecule has 1 aromatic carbocycles. The van der Waals surface area contributed by atoms with Crippen molar-refractivity contribution in [2.75, 3.05) is 0 Å². The van der Waals surface area contributed by atoms with Crippen LogP contribution in [0.2, 0.25) is 19.1 Å². The summed E-state index contributed by atoms with van der Waals surface area (Å²) in [6.07, 6.45) is 1.07. The largest absolute Gasteiger partial charge is 0.462 e. The lowest BCUT2D eigenvalue weighted by atomic mass is 9.93. The monoisotopic (exact) mass is 290 g/mol. The van der Waals surface area contributed by atoms with Gasteiger partial charge in [0, 0.05) is 0 Å². The molecule has 1 fully saturated rings. The van der Waals surface area contributed by atoms with Crippen molar-refractivity contribution in [3.63, 3.8) is 0 Å². The minimum atomic E-state index is -1.38. The highest BCUT2D eigenvalue weighted by Crippen LogP contribution is 2.32. The number of hydrogen-bond donors (Lipinski definition) is 0. The van der Waals surface area contributed by atoms with Crippen LogP contribution in [0, 0.1) is 11.8 Å². The van der Waals surface area contributed by atoms with Gasteiger partial charge in [0.15, 0.2) is 0 Å². The lowest BCUT2D eigenvalue weighted by Crippen LogP contribution is -2.34. The predicted molar refractivity (Wildman–Crippen MR) is 85.3 cm³/mol. The van der Waals surface area contributed by atoms with Gasteiger partial charge in [0.25, 0.3) is 0 Å². The second-order valence-corrected chi connectivity index (χ2v) is 12.3. The number of cyclic esters (lactones) is 1. The Labute approximate surface area is 123 Å². The summed E-state index contributed by atoms with van der Waals surface area (Å²) in [6.45, 7) is 9.02. The van der Waals surface area contributed by atoms with Gasteiger partial charge in [-0.3, -0.25) is 4.79 Å². The molecule has 2 rings (SSSR count). The van der Waals surface area contributed by atoms with Crippen molar-refractivity contribution >= 4 is 14.0 Å². The van der Waals surface area contributed by atoms with Crippen molar-refractivity contribution in [3.8, 4) is 0 Å². The summed E-state index contributed by atoms with van der Waals surface area (Å²) < 4.78 is 5.60. The number of ether oxygens (including phenoxy) is 1. The van der Waals surface area contributed by atoms with E-state index in [-0.39, 0.29) is 18.0 Å². The van der Waals surface area contributed by atoms with Gasteiger partial charge in [0.1, 0.15) is 6.10 Å². The van der Waals surface area contributed by atoms with Gasteiger partial charge in [-0.15, -0.1) is 0 Å². The molecule has 0 bridgehead atoms. The van der Waals surface area contributed by atoms with E-state index in [0.29, 0.717) is 5.92 Å². The first-order valence-corrected chi connectivity index (χ1v) is 11.0. The zero-order valence-electron chi connectivity index (χ0n) is 13.1. The SMILES string of the molecule is CC(C)[C@@H]1C[C@@H](C[Si](C)(C)Cc2ccccc2)OC1=O. The summed E-state index contributed by atoms with van der Waals surface area (Å²) in [4.78, 5) is 11.9. The maximum absolute atomic E-state index is 11.9. The van der Waals surface area contributed by atoms with Crippen LogP contribution in [-0.2, 0) is 15.6 Å². The van der Waals surface area contributed by atoms with Gasteiger partial charge in [-0.1, -0.05) is 62.8 Å².